The molecule has 0 unspecified atom stereocenters. The molecule has 0 fully saturated rings. The van der Waals surface area contributed by atoms with Crippen molar-refractivity contribution in [3.05, 3.63) is 155 Å². The number of aromatic nitrogens is 2. The van der Waals surface area contributed by atoms with Gasteiger partial charge in [0, 0.05) is 40.2 Å². The minimum atomic E-state index is -1.34. The van der Waals surface area contributed by atoms with E-state index in [1.807, 2.05) is 0 Å². The number of aromatic carboxylic acids is 2. The molecule has 0 saturated carbocycles. The summed E-state index contributed by atoms with van der Waals surface area (Å²) in [6, 6.07) is 37.5. The van der Waals surface area contributed by atoms with Crippen LogP contribution in [0.25, 0.3) is 11.4 Å². The Bertz CT molecular complexity index is 1720. The Morgan fingerprint density at radius 1 is 0.410 bits per heavy atom. The Morgan fingerprint density at radius 3 is 0.836 bits per heavy atom. The third-order valence-electron chi connectivity index (χ3n) is 12.4. The first kappa shape index (κ1) is 54.4. The fraction of sp³-hybridized carbons (Fsp3) is 0.412. The van der Waals surface area contributed by atoms with Crippen LogP contribution < -0.4 is 10.2 Å². The van der Waals surface area contributed by atoms with E-state index >= 15 is 0 Å². The van der Waals surface area contributed by atoms with Crippen molar-refractivity contribution in [3.8, 4) is 11.4 Å². The standard InChI is InChI=1S/3C13H22N.C12H8N2O4.Ru/c3*1-4-14(5-2,6-3)12-13-10-8-7-9-11-13;15-11(16)7-1-3-13-9(5-7)10-6-8(12(17)18)2-4-14-10;/h3*7-11H,4-6,12H2,1-3H3;1-6H,(H,15,16)(H,17,18);/q3*+1;;+2/p-2. The first-order chi connectivity index (χ1) is 28.9. The molecule has 10 heteroatoms. The molecule has 3 aromatic carbocycles. The number of carbonyl (C=O) groups is 2. The fourth-order valence-corrected chi connectivity index (χ4v) is 7.33. The third-order valence-corrected chi connectivity index (χ3v) is 12.4. The molecule has 0 aliphatic rings. The van der Waals surface area contributed by atoms with E-state index in [0.29, 0.717) is 0 Å². The maximum absolute atomic E-state index is 10.7. The molecule has 5 aromatic rings. The fourth-order valence-electron chi connectivity index (χ4n) is 7.33. The summed E-state index contributed by atoms with van der Waals surface area (Å²) < 4.78 is 3.60. The molecule has 0 radical (unpaired) electrons. The SMILES string of the molecule is CC[N+](CC)(CC)Cc1ccccc1.CC[N+](CC)(CC)Cc1ccccc1.CC[N+](CC)(CC)Cc1ccccc1.O=C([O-])c1ccnc(-c2cc(C(=O)[O-])ccn2)c1.[Ru+2]. The average Bonchev–Trinajstić information content (AvgIpc) is 3.31. The van der Waals surface area contributed by atoms with E-state index in [1.54, 1.807) is 0 Å². The summed E-state index contributed by atoms with van der Waals surface area (Å²) in [6.07, 6.45) is 2.57. The van der Waals surface area contributed by atoms with E-state index in [-0.39, 0.29) is 42.0 Å². The zero-order valence-corrected chi connectivity index (χ0v) is 40.1. The van der Waals surface area contributed by atoms with Crippen LogP contribution in [0.2, 0.25) is 0 Å². The van der Waals surface area contributed by atoms with Gasteiger partial charge in [-0.25, -0.2) is 0 Å². The van der Waals surface area contributed by atoms with Crippen molar-refractivity contribution in [1.82, 2.24) is 9.97 Å². The molecule has 0 amide bonds. The summed E-state index contributed by atoms with van der Waals surface area (Å²) in [4.78, 5) is 29.2. The number of hydrogen-bond acceptors (Lipinski definition) is 6. The van der Waals surface area contributed by atoms with Gasteiger partial charge in [0.1, 0.15) is 19.6 Å². The van der Waals surface area contributed by atoms with E-state index in [2.05, 4.69) is 163 Å². The van der Waals surface area contributed by atoms with Gasteiger partial charge < -0.3 is 33.3 Å². The van der Waals surface area contributed by atoms with Gasteiger partial charge in [0.2, 0.25) is 0 Å². The van der Waals surface area contributed by atoms with Crippen molar-refractivity contribution in [2.24, 2.45) is 0 Å². The number of quaternary nitrogens is 3. The molecule has 0 bridgehead atoms. The molecular formula is C51H72N5O4Ru+3. The Labute approximate surface area is 380 Å². The van der Waals surface area contributed by atoms with Gasteiger partial charge in [0.15, 0.2) is 0 Å². The van der Waals surface area contributed by atoms with E-state index < -0.39 is 11.9 Å². The minimum absolute atomic E-state index is 0. The van der Waals surface area contributed by atoms with Gasteiger partial charge in [-0.1, -0.05) is 91.0 Å². The van der Waals surface area contributed by atoms with E-state index in [0.717, 1.165) is 0 Å². The molecule has 0 atom stereocenters. The maximum atomic E-state index is 10.7. The monoisotopic (exact) mass is 920 g/mol. The molecule has 330 valence electrons. The Balaban J connectivity index is 0.000000407. The molecule has 0 spiro atoms. The van der Waals surface area contributed by atoms with Gasteiger partial charge in [-0.15, -0.1) is 0 Å². The van der Waals surface area contributed by atoms with Gasteiger partial charge in [-0.05, 0) is 86.6 Å². The van der Waals surface area contributed by atoms with Crippen LogP contribution in [-0.4, -0.2) is 94.3 Å². The van der Waals surface area contributed by atoms with Gasteiger partial charge in [0.05, 0.1) is 82.2 Å². The molecule has 5 rings (SSSR count). The first-order valence-corrected chi connectivity index (χ1v) is 21.9. The predicted molar refractivity (Wildman–Crippen MR) is 242 cm³/mol. The normalized spacial score (nSPS) is 11.0. The van der Waals surface area contributed by atoms with Gasteiger partial charge in [-0.2, -0.15) is 0 Å². The molecular weight excluding hydrogens is 848 g/mol. The number of benzene rings is 3. The van der Waals surface area contributed by atoms with Crippen molar-refractivity contribution >= 4 is 11.9 Å². The number of pyridine rings is 2. The number of rotatable bonds is 18. The van der Waals surface area contributed by atoms with E-state index in [1.165, 1.54) is 145 Å². The third kappa shape index (κ3) is 18.1. The molecule has 2 aromatic heterocycles. The molecule has 2 heterocycles. The summed E-state index contributed by atoms with van der Waals surface area (Å²) in [5.41, 5.74) is 4.76. The maximum Gasteiger partial charge on any atom is 2.00 e. The van der Waals surface area contributed by atoms with Crippen molar-refractivity contribution in [1.29, 1.82) is 0 Å². The molecule has 0 saturated heterocycles. The van der Waals surface area contributed by atoms with Crippen LogP contribution in [0.4, 0.5) is 0 Å². The van der Waals surface area contributed by atoms with Gasteiger partial charge >= 0.3 is 19.5 Å². The smallest absolute Gasteiger partial charge is 0.545 e. The van der Waals surface area contributed by atoms with E-state index in [9.17, 15) is 19.8 Å². The van der Waals surface area contributed by atoms with Crippen LogP contribution in [0.3, 0.4) is 0 Å². The predicted octanol–water partition coefficient (Wildman–Crippen LogP) is 8.06. The van der Waals surface area contributed by atoms with Crippen LogP contribution in [0.1, 0.15) is 99.7 Å². The Kier molecular flexibility index (Phi) is 25.7. The van der Waals surface area contributed by atoms with Crippen LogP contribution in [-0.2, 0) is 39.1 Å². The zero-order valence-electron chi connectivity index (χ0n) is 38.3. The van der Waals surface area contributed by atoms with Crippen LogP contribution in [0.15, 0.2) is 128 Å². The molecule has 9 nitrogen and oxygen atoms in total. The second-order valence-corrected chi connectivity index (χ2v) is 15.2. The Morgan fingerprint density at radius 2 is 0.639 bits per heavy atom. The summed E-state index contributed by atoms with van der Waals surface area (Å²) in [6.45, 7) is 35.1. The number of carboxylic acids is 2. The number of nitrogens with zero attached hydrogens (tertiary/aromatic N) is 5. The molecule has 0 aliphatic carbocycles. The molecule has 0 N–H and O–H groups in total. The molecule has 0 aliphatic heterocycles. The van der Waals surface area contributed by atoms with Crippen molar-refractivity contribution in [2.45, 2.75) is 81.9 Å². The second kappa shape index (κ2) is 28.8. The van der Waals surface area contributed by atoms with Crippen molar-refractivity contribution in [3.63, 3.8) is 0 Å². The summed E-state index contributed by atoms with van der Waals surface area (Å²) >= 11 is 0. The van der Waals surface area contributed by atoms with Crippen molar-refractivity contribution in [2.75, 3.05) is 58.9 Å². The minimum Gasteiger partial charge on any atom is -0.545 e. The quantitative estimate of drug-likeness (QED) is 0.0651. The summed E-state index contributed by atoms with van der Waals surface area (Å²) in [7, 11) is 0. The second-order valence-electron chi connectivity index (χ2n) is 15.2. The number of hydrogen-bond donors (Lipinski definition) is 0. The summed E-state index contributed by atoms with van der Waals surface area (Å²) in [5.74, 6) is -2.68. The van der Waals surface area contributed by atoms with Crippen molar-refractivity contribution < 1.29 is 52.7 Å². The average molecular weight is 920 g/mol. The number of carbonyl (C=O) groups excluding carboxylic acids is 2. The topological polar surface area (TPSA) is 106 Å². The van der Waals surface area contributed by atoms with E-state index in [4.69, 9.17) is 0 Å². The van der Waals surface area contributed by atoms with Gasteiger partial charge in [-0.3, -0.25) is 9.97 Å². The molecule has 61 heavy (non-hydrogen) atoms. The van der Waals surface area contributed by atoms with Crippen LogP contribution in [0.5, 0.6) is 0 Å². The summed E-state index contributed by atoms with van der Waals surface area (Å²) in [5, 5.41) is 21.4. The van der Waals surface area contributed by atoms with Crippen LogP contribution in [0, 0.1) is 0 Å². The number of carboxylic acid groups (broad SMARTS) is 2. The van der Waals surface area contributed by atoms with Crippen LogP contribution >= 0.6 is 0 Å². The Hall–Kier alpha value is -4.60. The largest absolute Gasteiger partial charge is 2.00 e. The first-order valence-electron chi connectivity index (χ1n) is 21.9. The van der Waals surface area contributed by atoms with Gasteiger partial charge in [0.25, 0.3) is 0 Å². The zero-order chi connectivity index (χ0) is 44.4.